The molecule has 2 saturated heterocycles. The molecule has 3 heteroatoms. The Bertz CT molecular complexity index is 195. The van der Waals surface area contributed by atoms with E-state index in [1.165, 1.54) is 45.6 Å². The maximum atomic E-state index is 5.60. The Balaban J connectivity index is 1.87. The highest BCUT2D eigenvalue weighted by Gasteiger charge is 2.42. The van der Waals surface area contributed by atoms with Crippen molar-refractivity contribution in [1.82, 2.24) is 9.80 Å². The van der Waals surface area contributed by atoms with Crippen LogP contribution in [0, 0.1) is 5.41 Å². The number of hydrogen-bond donors (Lipinski definition) is 1. The number of nitrogens with two attached hydrogens (primary N) is 1. The molecule has 0 aliphatic carbocycles. The summed E-state index contributed by atoms with van der Waals surface area (Å²) >= 11 is 0. The normalized spacial score (nSPS) is 34.7. The van der Waals surface area contributed by atoms with Crippen molar-refractivity contribution in [3.05, 3.63) is 0 Å². The van der Waals surface area contributed by atoms with Gasteiger partial charge in [0.1, 0.15) is 0 Å². The lowest BCUT2D eigenvalue weighted by Gasteiger charge is -2.24. The van der Waals surface area contributed by atoms with Crippen LogP contribution >= 0.6 is 0 Å². The molecule has 2 N–H and O–H groups in total. The molecule has 1 atom stereocenters. The second-order valence-electron chi connectivity index (χ2n) is 4.93. The van der Waals surface area contributed by atoms with Gasteiger partial charge in [0, 0.05) is 26.2 Å². The Morgan fingerprint density at radius 2 is 1.79 bits per heavy atom. The van der Waals surface area contributed by atoms with Crippen molar-refractivity contribution in [2.75, 3.05) is 45.8 Å². The molecule has 0 aromatic heterocycles. The molecule has 3 nitrogen and oxygen atoms in total. The molecule has 0 aromatic carbocycles. The van der Waals surface area contributed by atoms with Crippen LogP contribution in [-0.4, -0.2) is 55.6 Å². The maximum absolute atomic E-state index is 5.60. The van der Waals surface area contributed by atoms with Gasteiger partial charge in [-0.15, -0.1) is 0 Å². The first kappa shape index (κ1) is 10.4. The number of rotatable bonds is 3. The van der Waals surface area contributed by atoms with Gasteiger partial charge < -0.3 is 15.5 Å². The first-order chi connectivity index (χ1) is 6.78. The second kappa shape index (κ2) is 4.17. The lowest BCUT2D eigenvalue weighted by molar-refractivity contribution is 0.248. The molecule has 0 bridgehead atoms. The van der Waals surface area contributed by atoms with Crippen LogP contribution in [0.15, 0.2) is 0 Å². The topological polar surface area (TPSA) is 32.5 Å². The standard InChI is InChI=1S/C11H23N3/c1-2-13-6-3-11(9-13)4-7-14(10-11)8-5-12/h2-10,12H2,1H3. The maximum Gasteiger partial charge on any atom is 0.0105 e. The minimum Gasteiger partial charge on any atom is -0.329 e. The summed E-state index contributed by atoms with van der Waals surface area (Å²) < 4.78 is 0. The van der Waals surface area contributed by atoms with Crippen LogP contribution in [0.4, 0.5) is 0 Å². The molecule has 2 aliphatic heterocycles. The number of nitrogens with zero attached hydrogens (tertiary/aromatic N) is 2. The zero-order valence-electron chi connectivity index (χ0n) is 9.34. The zero-order valence-corrected chi connectivity index (χ0v) is 9.34. The molecule has 0 radical (unpaired) electrons. The predicted octanol–water partition coefficient (Wildman–Crippen LogP) is 0.363. The third kappa shape index (κ3) is 1.95. The zero-order chi connectivity index (χ0) is 10.0. The smallest absolute Gasteiger partial charge is 0.0105 e. The summed E-state index contributed by atoms with van der Waals surface area (Å²) in [5, 5.41) is 0. The van der Waals surface area contributed by atoms with E-state index in [1.807, 2.05) is 0 Å². The van der Waals surface area contributed by atoms with Crippen LogP contribution in [0.1, 0.15) is 19.8 Å². The van der Waals surface area contributed by atoms with Crippen molar-refractivity contribution >= 4 is 0 Å². The molecule has 2 fully saturated rings. The average molecular weight is 197 g/mol. The summed E-state index contributed by atoms with van der Waals surface area (Å²) in [6.07, 6.45) is 2.80. The van der Waals surface area contributed by atoms with Crippen molar-refractivity contribution in [3.8, 4) is 0 Å². The first-order valence-electron chi connectivity index (χ1n) is 5.93. The molecule has 0 amide bonds. The molecule has 1 spiro atoms. The Labute approximate surface area is 87.2 Å². The van der Waals surface area contributed by atoms with Gasteiger partial charge in [-0.05, 0) is 37.9 Å². The summed E-state index contributed by atoms with van der Waals surface area (Å²) in [5.74, 6) is 0. The van der Waals surface area contributed by atoms with Gasteiger partial charge in [0.2, 0.25) is 0 Å². The number of hydrogen-bond acceptors (Lipinski definition) is 3. The van der Waals surface area contributed by atoms with E-state index in [1.54, 1.807) is 0 Å². The van der Waals surface area contributed by atoms with Crippen molar-refractivity contribution in [2.24, 2.45) is 11.1 Å². The lowest BCUT2D eigenvalue weighted by Crippen LogP contribution is -2.33. The fraction of sp³-hybridized carbons (Fsp3) is 1.00. The molecule has 14 heavy (non-hydrogen) atoms. The monoisotopic (exact) mass is 197 g/mol. The summed E-state index contributed by atoms with van der Waals surface area (Å²) in [7, 11) is 0. The molecule has 2 aliphatic rings. The van der Waals surface area contributed by atoms with Crippen molar-refractivity contribution in [2.45, 2.75) is 19.8 Å². The van der Waals surface area contributed by atoms with Gasteiger partial charge in [-0.2, -0.15) is 0 Å². The highest BCUT2D eigenvalue weighted by Crippen LogP contribution is 2.38. The predicted molar refractivity (Wildman–Crippen MR) is 59.3 cm³/mol. The summed E-state index contributed by atoms with van der Waals surface area (Å²) in [5.41, 5.74) is 6.23. The second-order valence-corrected chi connectivity index (χ2v) is 4.93. The Kier molecular flexibility index (Phi) is 3.10. The van der Waals surface area contributed by atoms with E-state index < -0.39 is 0 Å². The molecule has 1 unspecified atom stereocenters. The van der Waals surface area contributed by atoms with E-state index in [0.717, 1.165) is 13.1 Å². The molecular formula is C11H23N3. The Hall–Kier alpha value is -0.120. The molecule has 82 valence electrons. The molecule has 2 heterocycles. The number of likely N-dealkylation sites (tertiary alicyclic amines) is 2. The fourth-order valence-electron chi connectivity index (χ4n) is 3.03. The van der Waals surface area contributed by atoms with Gasteiger partial charge >= 0.3 is 0 Å². The van der Waals surface area contributed by atoms with Gasteiger partial charge in [0.25, 0.3) is 0 Å². The van der Waals surface area contributed by atoms with Crippen molar-refractivity contribution < 1.29 is 0 Å². The lowest BCUT2D eigenvalue weighted by atomic mass is 9.86. The minimum absolute atomic E-state index is 0.630. The average Bonchev–Trinajstić information content (AvgIpc) is 2.76. The van der Waals surface area contributed by atoms with E-state index in [4.69, 9.17) is 5.73 Å². The summed E-state index contributed by atoms with van der Waals surface area (Å²) in [6, 6.07) is 0. The molecule has 2 rings (SSSR count). The van der Waals surface area contributed by atoms with Crippen molar-refractivity contribution in [1.29, 1.82) is 0 Å². The van der Waals surface area contributed by atoms with Crippen molar-refractivity contribution in [3.63, 3.8) is 0 Å². The van der Waals surface area contributed by atoms with Gasteiger partial charge in [-0.25, -0.2) is 0 Å². The summed E-state index contributed by atoms with van der Waals surface area (Å²) in [6.45, 7) is 10.6. The van der Waals surface area contributed by atoms with E-state index in [9.17, 15) is 0 Å². The van der Waals surface area contributed by atoms with E-state index in [-0.39, 0.29) is 0 Å². The van der Waals surface area contributed by atoms with Gasteiger partial charge in [-0.3, -0.25) is 0 Å². The summed E-state index contributed by atoms with van der Waals surface area (Å²) in [4.78, 5) is 5.13. The van der Waals surface area contributed by atoms with Gasteiger partial charge in [-0.1, -0.05) is 6.92 Å². The third-order valence-electron chi connectivity index (χ3n) is 3.93. The third-order valence-corrected chi connectivity index (χ3v) is 3.93. The molecule has 0 saturated carbocycles. The largest absolute Gasteiger partial charge is 0.329 e. The Morgan fingerprint density at radius 1 is 1.14 bits per heavy atom. The van der Waals surface area contributed by atoms with E-state index in [0.29, 0.717) is 5.41 Å². The van der Waals surface area contributed by atoms with Gasteiger partial charge in [0.05, 0.1) is 0 Å². The van der Waals surface area contributed by atoms with Crippen LogP contribution in [0.25, 0.3) is 0 Å². The minimum atomic E-state index is 0.630. The van der Waals surface area contributed by atoms with Crippen LogP contribution in [0.3, 0.4) is 0 Å². The molecule has 0 aromatic rings. The van der Waals surface area contributed by atoms with E-state index >= 15 is 0 Å². The van der Waals surface area contributed by atoms with Crippen LogP contribution in [0.2, 0.25) is 0 Å². The SMILES string of the molecule is CCN1CCC2(CCN(CCN)C2)C1. The fourth-order valence-corrected chi connectivity index (χ4v) is 3.03. The molecular weight excluding hydrogens is 174 g/mol. The van der Waals surface area contributed by atoms with Gasteiger partial charge in [0.15, 0.2) is 0 Å². The Morgan fingerprint density at radius 3 is 2.36 bits per heavy atom. The van der Waals surface area contributed by atoms with E-state index in [2.05, 4.69) is 16.7 Å². The highest BCUT2D eigenvalue weighted by molar-refractivity contribution is 4.96. The first-order valence-corrected chi connectivity index (χ1v) is 5.93. The van der Waals surface area contributed by atoms with Crippen LogP contribution in [-0.2, 0) is 0 Å². The van der Waals surface area contributed by atoms with Crippen LogP contribution < -0.4 is 5.73 Å². The highest BCUT2D eigenvalue weighted by atomic mass is 15.2. The van der Waals surface area contributed by atoms with Crippen LogP contribution in [0.5, 0.6) is 0 Å². The quantitative estimate of drug-likeness (QED) is 0.709.